The summed E-state index contributed by atoms with van der Waals surface area (Å²) in [6, 6.07) is 15.0. The number of para-hydroxylation sites is 1. The van der Waals surface area contributed by atoms with E-state index in [0.29, 0.717) is 5.75 Å². The first-order valence-electron chi connectivity index (χ1n) is 7.56. The van der Waals surface area contributed by atoms with E-state index < -0.39 is 6.09 Å². The Balaban J connectivity index is 2.14. The molecule has 2 aromatic carbocycles. The Morgan fingerprint density at radius 1 is 1.14 bits per heavy atom. The van der Waals surface area contributed by atoms with Gasteiger partial charge in [0, 0.05) is 0 Å². The number of aryl methyl sites for hydroxylation is 1. The van der Waals surface area contributed by atoms with Crippen LogP contribution in [-0.4, -0.2) is 6.09 Å². The van der Waals surface area contributed by atoms with Crippen molar-refractivity contribution in [2.75, 3.05) is 5.32 Å². The highest BCUT2D eigenvalue weighted by Crippen LogP contribution is 2.21. The zero-order chi connectivity index (χ0) is 15.8. The first-order valence-corrected chi connectivity index (χ1v) is 7.56. The number of benzene rings is 2. The number of ether oxygens (including phenoxy) is 1. The summed E-state index contributed by atoms with van der Waals surface area (Å²) in [5.74, 6) is 0.524. The van der Waals surface area contributed by atoms with Crippen LogP contribution in [0.4, 0.5) is 10.5 Å². The molecule has 114 valence electrons. The minimum Gasteiger partial charge on any atom is -0.410 e. The van der Waals surface area contributed by atoms with Gasteiger partial charge in [0.2, 0.25) is 0 Å². The average Bonchev–Trinajstić information content (AvgIpc) is 2.54. The maximum absolute atomic E-state index is 12.0. The fraction of sp³-hybridized carbons (Fsp3) is 0.211. The van der Waals surface area contributed by atoms with Crippen LogP contribution < -0.4 is 10.1 Å². The zero-order valence-corrected chi connectivity index (χ0v) is 13.0. The SMILES string of the molecule is CC/C=C/c1cc(CC)ccc1NC(=O)Oc1ccccc1. The van der Waals surface area contributed by atoms with Crippen LogP contribution in [0.15, 0.2) is 54.6 Å². The van der Waals surface area contributed by atoms with Gasteiger partial charge in [0.25, 0.3) is 0 Å². The van der Waals surface area contributed by atoms with Crippen molar-refractivity contribution in [2.45, 2.75) is 26.7 Å². The Bertz CT molecular complexity index is 648. The molecule has 0 saturated heterocycles. The molecule has 0 fully saturated rings. The van der Waals surface area contributed by atoms with Crippen LogP contribution in [0, 0.1) is 0 Å². The fourth-order valence-corrected chi connectivity index (χ4v) is 2.06. The summed E-state index contributed by atoms with van der Waals surface area (Å²) in [7, 11) is 0. The van der Waals surface area contributed by atoms with Gasteiger partial charge in [-0.05, 0) is 48.2 Å². The van der Waals surface area contributed by atoms with Crippen molar-refractivity contribution in [3.63, 3.8) is 0 Å². The zero-order valence-electron chi connectivity index (χ0n) is 13.0. The third-order valence-corrected chi connectivity index (χ3v) is 3.25. The molecule has 0 aliphatic heterocycles. The molecule has 3 nitrogen and oxygen atoms in total. The molecule has 0 aliphatic rings. The van der Waals surface area contributed by atoms with Crippen LogP contribution in [0.25, 0.3) is 6.08 Å². The van der Waals surface area contributed by atoms with Gasteiger partial charge in [-0.2, -0.15) is 0 Å². The molecule has 0 spiro atoms. The molecule has 0 radical (unpaired) electrons. The van der Waals surface area contributed by atoms with Gasteiger partial charge in [-0.1, -0.05) is 50.3 Å². The lowest BCUT2D eigenvalue weighted by atomic mass is 10.1. The van der Waals surface area contributed by atoms with Crippen LogP contribution in [0.3, 0.4) is 0 Å². The van der Waals surface area contributed by atoms with Gasteiger partial charge >= 0.3 is 6.09 Å². The van der Waals surface area contributed by atoms with Crippen molar-refractivity contribution < 1.29 is 9.53 Å². The van der Waals surface area contributed by atoms with Crippen molar-refractivity contribution in [3.05, 3.63) is 65.7 Å². The molecule has 1 N–H and O–H groups in total. The maximum atomic E-state index is 12.0. The van der Waals surface area contributed by atoms with Crippen LogP contribution in [0.5, 0.6) is 5.75 Å². The summed E-state index contributed by atoms with van der Waals surface area (Å²) in [6.45, 7) is 4.19. The normalized spacial score (nSPS) is 10.6. The molecule has 2 rings (SSSR count). The van der Waals surface area contributed by atoms with E-state index in [1.807, 2.05) is 36.4 Å². The molecule has 0 aromatic heterocycles. The molecule has 3 heteroatoms. The second-order valence-corrected chi connectivity index (χ2v) is 4.91. The molecule has 0 heterocycles. The minimum atomic E-state index is -0.485. The van der Waals surface area contributed by atoms with Gasteiger partial charge < -0.3 is 4.74 Å². The Morgan fingerprint density at radius 3 is 2.59 bits per heavy atom. The van der Waals surface area contributed by atoms with Crippen LogP contribution >= 0.6 is 0 Å². The standard InChI is InChI=1S/C19H21NO2/c1-3-5-9-16-14-15(4-2)12-13-18(16)20-19(21)22-17-10-7-6-8-11-17/h5-14H,3-4H2,1-2H3,(H,20,21)/b9-5+. The smallest absolute Gasteiger partial charge is 0.410 e. The molecule has 0 saturated carbocycles. The predicted molar refractivity (Wildman–Crippen MR) is 91.2 cm³/mol. The average molecular weight is 295 g/mol. The van der Waals surface area contributed by atoms with Gasteiger partial charge in [-0.3, -0.25) is 5.32 Å². The lowest BCUT2D eigenvalue weighted by Gasteiger charge is -2.10. The van der Waals surface area contributed by atoms with Crippen molar-refractivity contribution in [1.82, 2.24) is 0 Å². The molecule has 1 amide bonds. The van der Waals surface area contributed by atoms with Gasteiger partial charge in [0.05, 0.1) is 5.69 Å². The summed E-state index contributed by atoms with van der Waals surface area (Å²) < 4.78 is 5.26. The van der Waals surface area contributed by atoms with Gasteiger partial charge in [-0.15, -0.1) is 0 Å². The second-order valence-electron chi connectivity index (χ2n) is 4.91. The van der Waals surface area contributed by atoms with Crippen LogP contribution in [0.1, 0.15) is 31.4 Å². The van der Waals surface area contributed by atoms with Crippen LogP contribution in [0.2, 0.25) is 0 Å². The molecular weight excluding hydrogens is 274 g/mol. The lowest BCUT2D eigenvalue weighted by molar-refractivity contribution is 0.215. The van der Waals surface area contributed by atoms with E-state index in [9.17, 15) is 4.79 Å². The number of allylic oxidation sites excluding steroid dienone is 1. The van der Waals surface area contributed by atoms with Gasteiger partial charge in [0.15, 0.2) is 0 Å². The summed E-state index contributed by atoms with van der Waals surface area (Å²) >= 11 is 0. The topological polar surface area (TPSA) is 38.3 Å². The minimum absolute atomic E-state index is 0.485. The van der Waals surface area contributed by atoms with Gasteiger partial charge in [0.1, 0.15) is 5.75 Å². The summed E-state index contributed by atoms with van der Waals surface area (Å²) in [4.78, 5) is 12.0. The Labute approximate surface area is 131 Å². The summed E-state index contributed by atoms with van der Waals surface area (Å²) in [6.07, 6.45) is 5.52. The first-order chi connectivity index (χ1) is 10.7. The molecule has 0 bridgehead atoms. The first kappa shape index (κ1) is 15.8. The second kappa shape index (κ2) is 8.03. The Hall–Kier alpha value is -2.55. The number of hydrogen-bond acceptors (Lipinski definition) is 2. The van der Waals surface area contributed by atoms with E-state index in [1.54, 1.807) is 12.1 Å². The number of anilines is 1. The lowest BCUT2D eigenvalue weighted by Crippen LogP contribution is -2.17. The van der Waals surface area contributed by atoms with Crippen LogP contribution in [-0.2, 0) is 6.42 Å². The van der Waals surface area contributed by atoms with Gasteiger partial charge in [-0.25, -0.2) is 4.79 Å². The largest absolute Gasteiger partial charge is 0.417 e. The Morgan fingerprint density at radius 2 is 1.91 bits per heavy atom. The van der Waals surface area contributed by atoms with E-state index in [2.05, 4.69) is 31.3 Å². The summed E-state index contributed by atoms with van der Waals surface area (Å²) in [5.41, 5.74) is 2.98. The number of carbonyl (C=O) groups is 1. The van der Waals surface area contributed by atoms with E-state index in [4.69, 9.17) is 4.74 Å². The van der Waals surface area contributed by atoms with Crippen molar-refractivity contribution in [2.24, 2.45) is 0 Å². The molecule has 22 heavy (non-hydrogen) atoms. The molecule has 0 atom stereocenters. The molecule has 0 unspecified atom stereocenters. The predicted octanol–water partition coefficient (Wildman–Crippen LogP) is 5.28. The third kappa shape index (κ3) is 4.48. The third-order valence-electron chi connectivity index (χ3n) is 3.25. The molecule has 2 aromatic rings. The van der Waals surface area contributed by atoms with E-state index in [-0.39, 0.29) is 0 Å². The van der Waals surface area contributed by atoms with E-state index in [1.165, 1.54) is 5.56 Å². The van der Waals surface area contributed by atoms with Crippen molar-refractivity contribution >= 4 is 17.9 Å². The number of rotatable bonds is 5. The van der Waals surface area contributed by atoms with E-state index in [0.717, 1.165) is 24.1 Å². The van der Waals surface area contributed by atoms with Crippen molar-refractivity contribution in [1.29, 1.82) is 0 Å². The fourth-order valence-electron chi connectivity index (χ4n) is 2.06. The molecular formula is C19H21NO2. The Kier molecular flexibility index (Phi) is 5.78. The number of carbonyl (C=O) groups excluding carboxylic acids is 1. The number of hydrogen-bond donors (Lipinski definition) is 1. The summed E-state index contributed by atoms with van der Waals surface area (Å²) in [5, 5.41) is 2.81. The highest BCUT2D eigenvalue weighted by atomic mass is 16.6. The quantitative estimate of drug-likeness (QED) is 0.814. The molecule has 0 aliphatic carbocycles. The monoisotopic (exact) mass is 295 g/mol. The highest BCUT2D eigenvalue weighted by Gasteiger charge is 2.08. The number of amides is 1. The maximum Gasteiger partial charge on any atom is 0.417 e. The highest BCUT2D eigenvalue weighted by molar-refractivity contribution is 5.89. The number of nitrogens with one attached hydrogen (secondary N) is 1. The van der Waals surface area contributed by atoms with E-state index >= 15 is 0 Å². The van der Waals surface area contributed by atoms with Crippen molar-refractivity contribution in [3.8, 4) is 5.75 Å².